The molecule has 0 aliphatic carbocycles. The molecule has 3 rings (SSSR count). The third-order valence-corrected chi connectivity index (χ3v) is 4.21. The van der Waals surface area contributed by atoms with Crippen LogP contribution in [0.15, 0.2) is 36.4 Å². The van der Waals surface area contributed by atoms with Crippen LogP contribution in [0.4, 0.5) is 11.4 Å². The van der Waals surface area contributed by atoms with Gasteiger partial charge in [0, 0.05) is 0 Å². The molecular formula is C20H22N2O4. The summed E-state index contributed by atoms with van der Waals surface area (Å²) in [7, 11) is 0. The van der Waals surface area contributed by atoms with Crippen LogP contribution in [0.25, 0.3) is 0 Å². The van der Waals surface area contributed by atoms with Crippen molar-refractivity contribution in [3.05, 3.63) is 47.5 Å². The fraction of sp³-hybridized carbons (Fsp3) is 0.300. The summed E-state index contributed by atoms with van der Waals surface area (Å²) in [4.78, 5) is 24.4. The number of nitrogens with one attached hydrogen (secondary N) is 2. The first-order valence-corrected chi connectivity index (χ1v) is 8.40. The van der Waals surface area contributed by atoms with Gasteiger partial charge in [-0.15, -0.1) is 0 Å². The van der Waals surface area contributed by atoms with Crippen molar-refractivity contribution >= 4 is 23.2 Å². The van der Waals surface area contributed by atoms with E-state index in [0.29, 0.717) is 22.9 Å². The Labute approximate surface area is 152 Å². The largest absolute Gasteiger partial charge is 0.483 e. The van der Waals surface area contributed by atoms with Crippen LogP contribution in [-0.4, -0.2) is 24.0 Å². The maximum atomic E-state index is 12.3. The van der Waals surface area contributed by atoms with E-state index in [9.17, 15) is 9.59 Å². The molecular weight excluding hydrogens is 332 g/mol. The second kappa shape index (κ2) is 6.71. The SMILES string of the molecule is Cc1cccc(C)c1OCC(=O)Nc1cccc2c1NC(=O)C(C)(C)O2. The molecule has 0 unspecified atom stereocenters. The number of hydrogen-bond donors (Lipinski definition) is 2. The second-order valence-electron chi connectivity index (χ2n) is 6.80. The van der Waals surface area contributed by atoms with Gasteiger partial charge in [-0.25, -0.2) is 0 Å². The monoisotopic (exact) mass is 354 g/mol. The van der Waals surface area contributed by atoms with Crippen LogP contribution in [0, 0.1) is 13.8 Å². The average Bonchev–Trinajstić information content (AvgIpc) is 2.56. The third kappa shape index (κ3) is 3.49. The van der Waals surface area contributed by atoms with E-state index in [2.05, 4.69) is 10.6 Å². The number of anilines is 2. The van der Waals surface area contributed by atoms with Crippen LogP contribution in [-0.2, 0) is 9.59 Å². The molecule has 0 aromatic heterocycles. The maximum absolute atomic E-state index is 12.3. The van der Waals surface area contributed by atoms with E-state index in [1.807, 2.05) is 32.0 Å². The van der Waals surface area contributed by atoms with Gasteiger partial charge in [0.1, 0.15) is 17.2 Å². The van der Waals surface area contributed by atoms with E-state index in [4.69, 9.17) is 9.47 Å². The molecule has 6 nitrogen and oxygen atoms in total. The molecule has 1 aliphatic rings. The molecule has 1 aliphatic heterocycles. The van der Waals surface area contributed by atoms with Crippen molar-refractivity contribution in [3.63, 3.8) is 0 Å². The summed E-state index contributed by atoms with van der Waals surface area (Å²) in [6, 6.07) is 11.0. The van der Waals surface area contributed by atoms with Gasteiger partial charge in [-0.1, -0.05) is 24.3 Å². The van der Waals surface area contributed by atoms with Gasteiger partial charge in [-0.3, -0.25) is 9.59 Å². The highest BCUT2D eigenvalue weighted by molar-refractivity contribution is 6.06. The lowest BCUT2D eigenvalue weighted by molar-refractivity contribution is -0.129. The third-order valence-electron chi connectivity index (χ3n) is 4.21. The number of aryl methyl sites for hydroxylation is 2. The van der Waals surface area contributed by atoms with Gasteiger partial charge in [0.25, 0.3) is 11.8 Å². The first kappa shape index (κ1) is 17.8. The minimum atomic E-state index is -0.957. The molecule has 0 radical (unpaired) electrons. The summed E-state index contributed by atoms with van der Waals surface area (Å²) >= 11 is 0. The number of carbonyl (C=O) groups excluding carboxylic acids is 2. The number of carbonyl (C=O) groups is 2. The Morgan fingerprint density at radius 3 is 2.50 bits per heavy atom. The summed E-state index contributed by atoms with van der Waals surface area (Å²) in [5, 5.41) is 5.57. The summed E-state index contributed by atoms with van der Waals surface area (Å²) in [6.07, 6.45) is 0. The normalized spacial score (nSPS) is 14.7. The standard InChI is InChI=1S/C20H22N2O4/c1-12-7-5-8-13(2)18(12)25-11-16(23)21-14-9-6-10-15-17(14)22-19(24)20(3,4)26-15/h5-10H,11H2,1-4H3,(H,21,23)(H,22,24). The summed E-state index contributed by atoms with van der Waals surface area (Å²) in [5.74, 6) is 0.637. The van der Waals surface area contributed by atoms with Crippen molar-refractivity contribution < 1.29 is 19.1 Å². The number of ether oxygens (including phenoxy) is 2. The van der Waals surface area contributed by atoms with E-state index in [-0.39, 0.29) is 18.4 Å². The summed E-state index contributed by atoms with van der Waals surface area (Å²) < 4.78 is 11.4. The van der Waals surface area contributed by atoms with E-state index in [0.717, 1.165) is 11.1 Å². The molecule has 0 saturated carbocycles. The fourth-order valence-corrected chi connectivity index (χ4v) is 2.79. The van der Waals surface area contributed by atoms with Gasteiger partial charge >= 0.3 is 0 Å². The van der Waals surface area contributed by atoms with Gasteiger partial charge in [-0.2, -0.15) is 0 Å². The molecule has 136 valence electrons. The van der Waals surface area contributed by atoms with Crippen LogP contribution < -0.4 is 20.1 Å². The fourth-order valence-electron chi connectivity index (χ4n) is 2.79. The Hall–Kier alpha value is -3.02. The van der Waals surface area contributed by atoms with Crippen LogP contribution in [0.3, 0.4) is 0 Å². The molecule has 2 aromatic carbocycles. The summed E-state index contributed by atoms with van der Waals surface area (Å²) in [6.45, 7) is 7.12. The van der Waals surface area contributed by atoms with Crippen LogP contribution in [0.5, 0.6) is 11.5 Å². The predicted octanol–water partition coefficient (Wildman–Crippen LogP) is 3.43. The topological polar surface area (TPSA) is 76.7 Å². The minimum absolute atomic E-state index is 0.129. The number of benzene rings is 2. The van der Waals surface area contributed by atoms with Crippen LogP contribution >= 0.6 is 0 Å². The number of para-hydroxylation sites is 2. The zero-order valence-corrected chi connectivity index (χ0v) is 15.3. The molecule has 0 saturated heterocycles. The van der Waals surface area contributed by atoms with Crippen molar-refractivity contribution in [3.8, 4) is 11.5 Å². The molecule has 2 N–H and O–H groups in total. The number of amides is 2. The average molecular weight is 354 g/mol. The predicted molar refractivity (Wildman–Crippen MR) is 99.8 cm³/mol. The zero-order valence-electron chi connectivity index (χ0n) is 15.3. The van der Waals surface area contributed by atoms with E-state index in [1.165, 1.54) is 0 Å². The van der Waals surface area contributed by atoms with Crippen molar-refractivity contribution in [1.82, 2.24) is 0 Å². The molecule has 26 heavy (non-hydrogen) atoms. The van der Waals surface area contributed by atoms with Crippen molar-refractivity contribution in [1.29, 1.82) is 0 Å². The van der Waals surface area contributed by atoms with E-state index in [1.54, 1.807) is 32.0 Å². The Morgan fingerprint density at radius 2 is 1.81 bits per heavy atom. The molecule has 2 aromatic rings. The van der Waals surface area contributed by atoms with Gasteiger partial charge < -0.3 is 20.1 Å². The van der Waals surface area contributed by atoms with Gasteiger partial charge in [0.05, 0.1) is 5.69 Å². The van der Waals surface area contributed by atoms with Crippen molar-refractivity contribution in [2.45, 2.75) is 33.3 Å². The highest BCUT2D eigenvalue weighted by Crippen LogP contribution is 2.38. The van der Waals surface area contributed by atoms with Crippen LogP contribution in [0.2, 0.25) is 0 Å². The molecule has 0 spiro atoms. The lowest BCUT2D eigenvalue weighted by atomic mass is 10.1. The quantitative estimate of drug-likeness (QED) is 0.882. The summed E-state index contributed by atoms with van der Waals surface area (Å²) in [5.41, 5.74) is 1.91. The van der Waals surface area contributed by atoms with Gasteiger partial charge in [0.15, 0.2) is 12.2 Å². The first-order valence-electron chi connectivity index (χ1n) is 8.40. The highest BCUT2D eigenvalue weighted by atomic mass is 16.5. The second-order valence-corrected chi connectivity index (χ2v) is 6.80. The highest BCUT2D eigenvalue weighted by Gasteiger charge is 2.36. The lowest BCUT2D eigenvalue weighted by Gasteiger charge is -2.32. The molecule has 1 heterocycles. The molecule has 2 amide bonds. The molecule has 0 atom stereocenters. The van der Waals surface area contributed by atoms with Crippen LogP contribution in [0.1, 0.15) is 25.0 Å². The Morgan fingerprint density at radius 1 is 1.15 bits per heavy atom. The smallest absolute Gasteiger partial charge is 0.268 e. The molecule has 6 heteroatoms. The number of fused-ring (bicyclic) bond motifs is 1. The zero-order chi connectivity index (χ0) is 18.9. The molecule has 0 bridgehead atoms. The van der Waals surface area contributed by atoms with Gasteiger partial charge in [0.2, 0.25) is 0 Å². The van der Waals surface area contributed by atoms with E-state index >= 15 is 0 Å². The van der Waals surface area contributed by atoms with Gasteiger partial charge in [-0.05, 0) is 51.0 Å². The lowest BCUT2D eigenvalue weighted by Crippen LogP contribution is -2.45. The van der Waals surface area contributed by atoms with Crippen molar-refractivity contribution in [2.75, 3.05) is 17.2 Å². The number of hydrogen-bond acceptors (Lipinski definition) is 4. The Kier molecular flexibility index (Phi) is 4.59. The Balaban J connectivity index is 1.72. The van der Waals surface area contributed by atoms with Crippen molar-refractivity contribution in [2.24, 2.45) is 0 Å². The van der Waals surface area contributed by atoms with E-state index < -0.39 is 5.60 Å². The Bertz CT molecular complexity index is 854. The minimum Gasteiger partial charge on any atom is -0.483 e. The maximum Gasteiger partial charge on any atom is 0.268 e. The molecule has 0 fully saturated rings. The number of rotatable bonds is 4. The first-order chi connectivity index (χ1) is 12.3.